The monoisotopic (exact) mass is 310 g/mol. The Balaban J connectivity index is 1.92. The molecule has 7 nitrogen and oxygen atoms in total. The van der Waals surface area contributed by atoms with Crippen LogP contribution in [0.25, 0.3) is 11.1 Å². The topological polar surface area (TPSA) is 101 Å². The van der Waals surface area contributed by atoms with Crippen molar-refractivity contribution in [2.24, 2.45) is 0 Å². The van der Waals surface area contributed by atoms with Gasteiger partial charge in [-0.2, -0.15) is 4.98 Å². The van der Waals surface area contributed by atoms with Crippen LogP contribution < -0.4 is 4.90 Å². The number of nitrogens with zero attached hydrogens (tertiary/aromatic N) is 2. The molecule has 3 rings (SSSR count). The predicted octanol–water partition coefficient (Wildman–Crippen LogP) is 1.15. The van der Waals surface area contributed by atoms with E-state index in [1.165, 1.54) is 12.1 Å². The molecule has 1 aliphatic heterocycles. The molecule has 1 saturated heterocycles. The van der Waals surface area contributed by atoms with Crippen LogP contribution in [0.5, 0.6) is 0 Å². The number of aromatic nitrogens is 1. The molecule has 0 saturated carbocycles. The molecule has 0 unspecified atom stereocenters. The third-order valence-corrected chi connectivity index (χ3v) is 5.17. The number of fused-ring (bicyclic) bond motifs is 1. The van der Waals surface area contributed by atoms with E-state index in [2.05, 4.69) is 4.98 Å². The normalized spacial score (nSPS) is 18.6. The Morgan fingerprint density at radius 1 is 1.29 bits per heavy atom. The van der Waals surface area contributed by atoms with Crippen molar-refractivity contribution < 1.29 is 22.7 Å². The van der Waals surface area contributed by atoms with E-state index in [0.717, 1.165) is 0 Å². The lowest BCUT2D eigenvalue weighted by Gasteiger charge is -2.16. The fraction of sp³-hybridized carbons (Fsp3) is 0.385. The Morgan fingerprint density at radius 2 is 2.10 bits per heavy atom. The first kappa shape index (κ1) is 13.9. The Hall–Kier alpha value is -2.09. The van der Waals surface area contributed by atoms with Crippen molar-refractivity contribution in [1.29, 1.82) is 0 Å². The lowest BCUT2D eigenvalue weighted by Crippen LogP contribution is -2.26. The summed E-state index contributed by atoms with van der Waals surface area (Å²) in [5, 5.41) is 8.96. The van der Waals surface area contributed by atoms with Crippen LogP contribution in [0.1, 0.15) is 16.8 Å². The Bertz CT molecular complexity index is 796. The zero-order valence-electron chi connectivity index (χ0n) is 11.2. The summed E-state index contributed by atoms with van der Waals surface area (Å²) in [6, 6.07) is 4.80. The highest BCUT2D eigenvalue weighted by Crippen LogP contribution is 2.24. The molecule has 0 aliphatic carbocycles. The van der Waals surface area contributed by atoms with Gasteiger partial charge in [-0.1, -0.05) is 0 Å². The molecule has 1 aromatic carbocycles. The van der Waals surface area contributed by atoms with Gasteiger partial charge >= 0.3 is 5.97 Å². The smallest absolute Gasteiger partial charge is 0.335 e. The minimum Gasteiger partial charge on any atom is -0.478 e. The highest BCUT2D eigenvalue weighted by atomic mass is 32.2. The molecule has 21 heavy (non-hydrogen) atoms. The van der Waals surface area contributed by atoms with Crippen LogP contribution in [-0.2, 0) is 9.84 Å². The molecule has 1 fully saturated rings. The van der Waals surface area contributed by atoms with Gasteiger partial charge in [0.05, 0.1) is 17.1 Å². The second-order valence-electron chi connectivity index (χ2n) is 4.98. The highest BCUT2D eigenvalue weighted by molar-refractivity contribution is 7.91. The zero-order chi connectivity index (χ0) is 15.0. The second-order valence-corrected chi connectivity index (χ2v) is 7.28. The van der Waals surface area contributed by atoms with Crippen molar-refractivity contribution in [3.63, 3.8) is 0 Å². The van der Waals surface area contributed by atoms with Crippen molar-refractivity contribution in [3.05, 3.63) is 23.8 Å². The molecule has 0 spiro atoms. The van der Waals surface area contributed by atoms with Crippen LogP contribution in [0, 0.1) is 0 Å². The summed E-state index contributed by atoms with van der Waals surface area (Å²) in [5.74, 6) is -0.783. The third-order valence-electron chi connectivity index (χ3n) is 3.45. The SMILES string of the molecule is O=C(O)c1ccc2nc(N3CCCS(=O)(=O)CC3)oc2c1. The van der Waals surface area contributed by atoms with Gasteiger partial charge in [0.25, 0.3) is 6.01 Å². The van der Waals surface area contributed by atoms with Crippen LogP contribution in [0.15, 0.2) is 22.6 Å². The number of hydrogen-bond acceptors (Lipinski definition) is 6. The van der Waals surface area contributed by atoms with Crippen molar-refractivity contribution in [3.8, 4) is 0 Å². The van der Waals surface area contributed by atoms with Crippen LogP contribution in [0.4, 0.5) is 6.01 Å². The molecule has 0 amide bonds. The van der Waals surface area contributed by atoms with Crippen LogP contribution in [-0.4, -0.2) is 49.1 Å². The summed E-state index contributed by atoms with van der Waals surface area (Å²) in [4.78, 5) is 17.0. The molecule has 8 heteroatoms. The Morgan fingerprint density at radius 3 is 2.86 bits per heavy atom. The minimum atomic E-state index is -3.00. The quantitative estimate of drug-likeness (QED) is 0.888. The lowest BCUT2D eigenvalue weighted by molar-refractivity contribution is 0.0697. The number of aromatic carboxylic acids is 1. The first-order valence-corrected chi connectivity index (χ1v) is 8.36. The first-order chi connectivity index (χ1) is 9.94. The summed E-state index contributed by atoms with van der Waals surface area (Å²) < 4.78 is 28.8. The Kier molecular flexibility index (Phi) is 3.32. The van der Waals surface area contributed by atoms with Gasteiger partial charge in [-0.25, -0.2) is 13.2 Å². The maximum atomic E-state index is 11.6. The second kappa shape index (κ2) is 5.03. The number of rotatable bonds is 2. The summed E-state index contributed by atoms with van der Waals surface area (Å²) in [6.07, 6.45) is 0.529. The third kappa shape index (κ3) is 2.85. The summed E-state index contributed by atoms with van der Waals surface area (Å²) in [5.41, 5.74) is 1.07. The van der Waals surface area contributed by atoms with Gasteiger partial charge in [-0.15, -0.1) is 0 Å². The van der Waals surface area contributed by atoms with Crippen molar-refractivity contribution in [2.75, 3.05) is 29.5 Å². The lowest BCUT2D eigenvalue weighted by atomic mass is 10.2. The number of anilines is 1. The maximum absolute atomic E-state index is 11.6. The standard InChI is InChI=1S/C13H14N2O5S/c16-12(17)9-2-3-10-11(8-9)20-13(14-10)15-4-1-6-21(18,19)7-5-15/h2-3,8H,1,4-7H2,(H,16,17). The van der Waals surface area contributed by atoms with E-state index < -0.39 is 15.8 Å². The first-order valence-electron chi connectivity index (χ1n) is 6.54. The molecule has 1 aromatic heterocycles. The molecule has 0 bridgehead atoms. The van der Waals surface area contributed by atoms with Crippen molar-refractivity contribution in [1.82, 2.24) is 4.98 Å². The molecule has 0 radical (unpaired) electrons. The molecule has 1 aliphatic rings. The number of sulfone groups is 1. The Labute approximate surface area is 121 Å². The van der Waals surface area contributed by atoms with Gasteiger partial charge in [0.2, 0.25) is 0 Å². The zero-order valence-corrected chi connectivity index (χ0v) is 12.0. The van der Waals surface area contributed by atoms with E-state index >= 15 is 0 Å². The van der Waals surface area contributed by atoms with Crippen molar-refractivity contribution >= 4 is 32.9 Å². The van der Waals surface area contributed by atoms with Crippen LogP contribution in [0.3, 0.4) is 0 Å². The molecular formula is C13H14N2O5S. The van der Waals surface area contributed by atoms with Crippen molar-refractivity contribution in [2.45, 2.75) is 6.42 Å². The van der Waals surface area contributed by atoms with Crippen LogP contribution >= 0.6 is 0 Å². The molecule has 2 aromatic rings. The maximum Gasteiger partial charge on any atom is 0.335 e. The van der Waals surface area contributed by atoms with E-state index in [4.69, 9.17) is 9.52 Å². The van der Waals surface area contributed by atoms with E-state index in [1.807, 2.05) is 0 Å². The fourth-order valence-electron chi connectivity index (χ4n) is 2.31. The highest BCUT2D eigenvalue weighted by Gasteiger charge is 2.22. The van der Waals surface area contributed by atoms with E-state index in [1.54, 1.807) is 11.0 Å². The van der Waals surface area contributed by atoms with Gasteiger partial charge < -0.3 is 14.4 Å². The summed E-state index contributed by atoms with van der Waals surface area (Å²) in [7, 11) is -3.00. The number of carboxylic acid groups (broad SMARTS) is 1. The molecule has 1 N–H and O–H groups in total. The average Bonchev–Trinajstić information content (AvgIpc) is 2.76. The largest absolute Gasteiger partial charge is 0.478 e. The van der Waals surface area contributed by atoms with E-state index in [0.29, 0.717) is 36.6 Å². The summed E-state index contributed by atoms with van der Waals surface area (Å²) in [6.45, 7) is 0.888. The number of carboxylic acids is 1. The minimum absolute atomic E-state index is 0.0755. The van der Waals surface area contributed by atoms with E-state index in [-0.39, 0.29) is 17.1 Å². The predicted molar refractivity (Wildman–Crippen MR) is 76.5 cm³/mol. The number of benzene rings is 1. The van der Waals surface area contributed by atoms with Crippen LogP contribution in [0.2, 0.25) is 0 Å². The van der Waals surface area contributed by atoms with Gasteiger partial charge in [0.1, 0.15) is 5.52 Å². The summed E-state index contributed by atoms with van der Waals surface area (Å²) >= 11 is 0. The molecular weight excluding hydrogens is 296 g/mol. The van der Waals surface area contributed by atoms with Gasteiger partial charge in [-0.05, 0) is 24.6 Å². The fourth-order valence-corrected chi connectivity index (χ4v) is 3.58. The van der Waals surface area contributed by atoms with E-state index in [9.17, 15) is 13.2 Å². The van der Waals surface area contributed by atoms with Gasteiger partial charge in [0.15, 0.2) is 15.4 Å². The molecule has 2 heterocycles. The molecule has 112 valence electrons. The number of hydrogen-bond donors (Lipinski definition) is 1. The average molecular weight is 310 g/mol. The number of oxazole rings is 1. The van der Waals surface area contributed by atoms with Gasteiger partial charge in [0, 0.05) is 13.1 Å². The molecule has 0 atom stereocenters. The van der Waals surface area contributed by atoms with Gasteiger partial charge in [-0.3, -0.25) is 0 Å². The number of carbonyl (C=O) groups is 1.